The maximum atomic E-state index is 8.88. The summed E-state index contributed by atoms with van der Waals surface area (Å²) in [7, 11) is 2.02. The molecule has 0 amide bonds. The lowest BCUT2D eigenvalue weighted by atomic mass is 10.2. The van der Waals surface area contributed by atoms with Crippen molar-refractivity contribution in [3.63, 3.8) is 0 Å². The van der Waals surface area contributed by atoms with Crippen molar-refractivity contribution in [3.8, 4) is 6.07 Å². The second kappa shape index (κ2) is 8.08. The van der Waals surface area contributed by atoms with Crippen molar-refractivity contribution >= 4 is 17.3 Å². The van der Waals surface area contributed by atoms with Crippen molar-refractivity contribution in [2.75, 3.05) is 23.8 Å². The minimum atomic E-state index is 0.631. The first-order valence-electron chi connectivity index (χ1n) is 8.37. The Hall–Kier alpha value is -3.46. The SMILES string of the molecule is Cc1nc(Nc2ccc(C#N)cc2)cc(N(C)CCc2ccncc2)n1. The van der Waals surface area contributed by atoms with E-state index in [1.54, 1.807) is 12.1 Å². The van der Waals surface area contributed by atoms with Crippen molar-refractivity contribution in [3.05, 3.63) is 71.8 Å². The van der Waals surface area contributed by atoms with Crippen molar-refractivity contribution < 1.29 is 0 Å². The number of benzene rings is 1. The minimum Gasteiger partial charge on any atom is -0.359 e. The van der Waals surface area contributed by atoms with Crippen molar-refractivity contribution in [1.82, 2.24) is 15.0 Å². The van der Waals surface area contributed by atoms with Gasteiger partial charge in [0.15, 0.2) is 0 Å². The van der Waals surface area contributed by atoms with E-state index in [1.807, 2.05) is 56.7 Å². The summed E-state index contributed by atoms with van der Waals surface area (Å²) in [6.07, 6.45) is 4.54. The third kappa shape index (κ3) is 4.54. The van der Waals surface area contributed by atoms with Crippen LogP contribution in [0.25, 0.3) is 0 Å². The quantitative estimate of drug-likeness (QED) is 0.738. The molecule has 3 rings (SSSR count). The van der Waals surface area contributed by atoms with Crippen molar-refractivity contribution in [2.45, 2.75) is 13.3 Å². The molecule has 6 heteroatoms. The molecule has 0 atom stereocenters. The number of aryl methyl sites for hydroxylation is 1. The molecule has 0 unspecified atom stereocenters. The average Bonchev–Trinajstić information content (AvgIpc) is 2.67. The van der Waals surface area contributed by atoms with Crippen LogP contribution in [0.3, 0.4) is 0 Å². The molecular formula is C20H20N6. The van der Waals surface area contributed by atoms with Gasteiger partial charge in [-0.2, -0.15) is 5.26 Å². The number of hydrogen-bond donors (Lipinski definition) is 1. The van der Waals surface area contributed by atoms with Gasteiger partial charge in [0.1, 0.15) is 17.5 Å². The number of aromatic nitrogens is 3. The van der Waals surface area contributed by atoms with Gasteiger partial charge >= 0.3 is 0 Å². The van der Waals surface area contributed by atoms with E-state index < -0.39 is 0 Å². The van der Waals surface area contributed by atoms with Crippen molar-refractivity contribution in [2.24, 2.45) is 0 Å². The number of hydrogen-bond acceptors (Lipinski definition) is 6. The molecule has 0 radical (unpaired) electrons. The number of nitrogens with zero attached hydrogens (tertiary/aromatic N) is 5. The van der Waals surface area contributed by atoms with Gasteiger partial charge < -0.3 is 10.2 Å². The number of nitriles is 1. The van der Waals surface area contributed by atoms with Crippen LogP contribution in [-0.2, 0) is 6.42 Å². The maximum Gasteiger partial charge on any atom is 0.136 e. The third-order valence-electron chi connectivity index (χ3n) is 3.99. The average molecular weight is 344 g/mol. The van der Waals surface area contributed by atoms with Gasteiger partial charge in [-0.15, -0.1) is 0 Å². The van der Waals surface area contributed by atoms with E-state index in [1.165, 1.54) is 5.56 Å². The summed E-state index contributed by atoms with van der Waals surface area (Å²) in [5.41, 5.74) is 2.76. The molecule has 0 aliphatic heterocycles. The van der Waals surface area contributed by atoms with Gasteiger partial charge in [0.25, 0.3) is 0 Å². The number of likely N-dealkylation sites (N-methyl/N-ethyl adjacent to an activating group) is 1. The molecule has 130 valence electrons. The maximum absolute atomic E-state index is 8.88. The van der Waals surface area contributed by atoms with Crippen molar-refractivity contribution in [1.29, 1.82) is 5.26 Å². The van der Waals surface area contributed by atoms with Gasteiger partial charge in [0.05, 0.1) is 11.6 Å². The molecule has 2 aromatic heterocycles. The highest BCUT2D eigenvalue weighted by atomic mass is 15.2. The molecule has 3 aromatic rings. The van der Waals surface area contributed by atoms with Crippen LogP contribution in [0.15, 0.2) is 54.9 Å². The summed E-state index contributed by atoms with van der Waals surface area (Å²) >= 11 is 0. The number of nitrogens with one attached hydrogen (secondary N) is 1. The third-order valence-corrected chi connectivity index (χ3v) is 3.99. The fraction of sp³-hybridized carbons (Fsp3) is 0.200. The molecule has 0 saturated carbocycles. The Balaban J connectivity index is 1.70. The van der Waals surface area contributed by atoms with Gasteiger partial charge in [-0.3, -0.25) is 4.98 Å². The van der Waals surface area contributed by atoms with E-state index >= 15 is 0 Å². The first-order valence-corrected chi connectivity index (χ1v) is 8.37. The van der Waals surface area contributed by atoms with Crippen LogP contribution in [0.1, 0.15) is 17.0 Å². The second-order valence-corrected chi connectivity index (χ2v) is 6.00. The van der Waals surface area contributed by atoms with Gasteiger partial charge in [-0.25, -0.2) is 9.97 Å². The van der Waals surface area contributed by atoms with Crippen LogP contribution < -0.4 is 10.2 Å². The molecule has 1 N–H and O–H groups in total. The Morgan fingerprint density at radius 3 is 2.50 bits per heavy atom. The van der Waals surface area contributed by atoms with E-state index in [4.69, 9.17) is 5.26 Å². The zero-order valence-corrected chi connectivity index (χ0v) is 14.8. The smallest absolute Gasteiger partial charge is 0.136 e. The number of rotatable bonds is 6. The standard InChI is InChI=1S/C20H20N6/c1-15-23-19(25-18-5-3-17(14-21)4-6-18)13-20(24-15)26(2)12-9-16-7-10-22-11-8-16/h3-8,10-11,13H,9,12H2,1-2H3,(H,23,24,25). The zero-order chi connectivity index (χ0) is 18.4. The second-order valence-electron chi connectivity index (χ2n) is 6.00. The van der Waals surface area contributed by atoms with E-state index in [2.05, 4.69) is 31.2 Å². The fourth-order valence-electron chi connectivity index (χ4n) is 2.55. The van der Waals surface area contributed by atoms with Crippen LogP contribution in [0.4, 0.5) is 17.3 Å². The van der Waals surface area contributed by atoms with E-state index in [0.717, 1.165) is 30.3 Å². The van der Waals surface area contributed by atoms with Gasteiger partial charge in [0, 0.05) is 37.7 Å². The highest BCUT2D eigenvalue weighted by Gasteiger charge is 2.07. The first-order chi connectivity index (χ1) is 12.6. The summed E-state index contributed by atoms with van der Waals surface area (Å²) in [5.74, 6) is 2.30. The summed E-state index contributed by atoms with van der Waals surface area (Å²) in [4.78, 5) is 15.1. The first kappa shape index (κ1) is 17.4. The predicted molar refractivity (Wildman–Crippen MR) is 102 cm³/mol. The lowest BCUT2D eigenvalue weighted by Crippen LogP contribution is -2.22. The Labute approximate surface area is 153 Å². The highest BCUT2D eigenvalue weighted by molar-refractivity contribution is 5.60. The largest absolute Gasteiger partial charge is 0.359 e. The zero-order valence-electron chi connectivity index (χ0n) is 14.8. The van der Waals surface area contributed by atoms with Gasteiger partial charge in [0.2, 0.25) is 0 Å². The van der Waals surface area contributed by atoms with Crippen LogP contribution in [0.2, 0.25) is 0 Å². The Morgan fingerprint density at radius 1 is 1.08 bits per heavy atom. The van der Waals surface area contributed by atoms with Crippen LogP contribution >= 0.6 is 0 Å². The lowest BCUT2D eigenvalue weighted by molar-refractivity contribution is 0.848. The summed E-state index contributed by atoms with van der Waals surface area (Å²) in [6, 6.07) is 15.4. The monoisotopic (exact) mass is 344 g/mol. The number of pyridine rings is 1. The molecule has 0 bridgehead atoms. The predicted octanol–water partition coefficient (Wildman–Crippen LogP) is 3.47. The summed E-state index contributed by atoms with van der Waals surface area (Å²) in [5, 5.41) is 12.2. The Bertz CT molecular complexity index is 900. The summed E-state index contributed by atoms with van der Waals surface area (Å²) < 4.78 is 0. The van der Waals surface area contributed by atoms with Crippen LogP contribution in [0.5, 0.6) is 0 Å². The number of anilines is 3. The Kier molecular flexibility index (Phi) is 5.40. The lowest BCUT2D eigenvalue weighted by Gasteiger charge is -2.19. The highest BCUT2D eigenvalue weighted by Crippen LogP contribution is 2.20. The molecule has 0 aliphatic carbocycles. The molecule has 26 heavy (non-hydrogen) atoms. The normalized spacial score (nSPS) is 10.2. The molecular weight excluding hydrogens is 324 g/mol. The van der Waals surface area contributed by atoms with Crippen LogP contribution in [0, 0.1) is 18.3 Å². The minimum absolute atomic E-state index is 0.631. The van der Waals surface area contributed by atoms with Gasteiger partial charge in [-0.05, 0) is 55.3 Å². The molecule has 1 aromatic carbocycles. The molecule has 0 fully saturated rings. The van der Waals surface area contributed by atoms with E-state index in [-0.39, 0.29) is 0 Å². The molecule has 2 heterocycles. The summed E-state index contributed by atoms with van der Waals surface area (Å²) in [6.45, 7) is 2.72. The molecule has 0 spiro atoms. The Morgan fingerprint density at radius 2 is 1.81 bits per heavy atom. The fourth-order valence-corrected chi connectivity index (χ4v) is 2.55. The molecule has 6 nitrogen and oxygen atoms in total. The van der Waals surface area contributed by atoms with Gasteiger partial charge in [-0.1, -0.05) is 0 Å². The topological polar surface area (TPSA) is 77.7 Å². The molecule has 0 aliphatic rings. The molecule has 0 saturated heterocycles. The van der Waals surface area contributed by atoms with E-state index in [0.29, 0.717) is 11.4 Å². The van der Waals surface area contributed by atoms with Crippen LogP contribution in [-0.4, -0.2) is 28.5 Å². The van der Waals surface area contributed by atoms with E-state index in [9.17, 15) is 0 Å².